The Hall–Kier alpha value is -5.80. The molecule has 2 saturated heterocycles. The number of benzene rings is 2. The average molecular weight is 627 g/mol. The van der Waals surface area contributed by atoms with Crippen molar-refractivity contribution >= 4 is 35.0 Å². The molecule has 2 fully saturated rings. The first-order chi connectivity index (χ1) is 23.0. The maximum atomic E-state index is 13.7. The van der Waals surface area contributed by atoms with Crippen LogP contribution in [0.1, 0.15) is 24.0 Å². The summed E-state index contributed by atoms with van der Waals surface area (Å²) in [5.41, 5.74) is 4.78. The molecule has 2 aromatic carbocycles. The third kappa shape index (κ3) is 6.47. The van der Waals surface area contributed by atoms with Crippen molar-refractivity contribution in [2.45, 2.75) is 19.4 Å². The monoisotopic (exact) mass is 626 g/mol. The minimum atomic E-state index is -0.313. The van der Waals surface area contributed by atoms with E-state index < -0.39 is 0 Å². The second-order valence-corrected chi connectivity index (χ2v) is 12.0. The number of anilines is 5. The van der Waals surface area contributed by atoms with Crippen molar-refractivity contribution in [2.75, 3.05) is 41.4 Å². The molecule has 2 aliphatic heterocycles. The molecular formula is C35H34N10O2. The number of nitrogens with zero attached hydrogens (tertiary/aromatic N) is 8. The van der Waals surface area contributed by atoms with Gasteiger partial charge in [-0.25, -0.2) is 19.7 Å². The van der Waals surface area contributed by atoms with Crippen molar-refractivity contribution in [2.24, 2.45) is 12.5 Å². The van der Waals surface area contributed by atoms with E-state index in [0.29, 0.717) is 35.4 Å². The molecule has 236 valence electrons. The first-order valence-corrected chi connectivity index (χ1v) is 15.5. The molecule has 12 heteroatoms. The van der Waals surface area contributed by atoms with Gasteiger partial charge in [0, 0.05) is 61.3 Å². The van der Waals surface area contributed by atoms with Crippen LogP contribution >= 0.6 is 0 Å². The summed E-state index contributed by atoms with van der Waals surface area (Å²) in [6.07, 6.45) is 9.15. The largest absolute Gasteiger partial charge is 0.380 e. The molecule has 2 amide bonds. The van der Waals surface area contributed by atoms with Crippen LogP contribution in [0, 0.1) is 16.7 Å². The summed E-state index contributed by atoms with van der Waals surface area (Å²) in [4.78, 5) is 31.2. The van der Waals surface area contributed by atoms with E-state index in [9.17, 15) is 10.1 Å². The Morgan fingerprint density at radius 1 is 1.02 bits per heavy atom. The number of amides is 2. The zero-order valence-corrected chi connectivity index (χ0v) is 26.0. The molecule has 1 spiro atoms. The van der Waals surface area contributed by atoms with Gasteiger partial charge >= 0.3 is 6.03 Å². The molecule has 2 N–H and O–H groups in total. The zero-order valence-electron chi connectivity index (χ0n) is 26.0. The molecule has 0 atom stereocenters. The number of aryl methyl sites for hydroxylation is 1. The van der Waals surface area contributed by atoms with Gasteiger partial charge in [-0.1, -0.05) is 30.3 Å². The Morgan fingerprint density at radius 3 is 2.53 bits per heavy atom. The van der Waals surface area contributed by atoms with E-state index in [-0.39, 0.29) is 11.4 Å². The highest BCUT2D eigenvalue weighted by Gasteiger charge is 2.42. The first kappa shape index (κ1) is 29.9. The maximum absolute atomic E-state index is 13.7. The highest BCUT2D eigenvalue weighted by atomic mass is 16.5. The van der Waals surface area contributed by atoms with Gasteiger partial charge in [0.05, 0.1) is 31.3 Å². The third-order valence-corrected chi connectivity index (χ3v) is 8.55. The smallest absolute Gasteiger partial charge is 0.327 e. The number of piperidine rings is 1. The fraction of sp³-hybridized carbons (Fsp3) is 0.257. The van der Waals surface area contributed by atoms with Crippen molar-refractivity contribution in [3.63, 3.8) is 0 Å². The SMILES string of the molecule is Cn1cc(-c2ccc(N(C(=O)NCc3ccccc3)c3ccc(Nc4ncc(C#N)c(N5CCCC6(COC6)C5)n4)cc3)nc2)cn1. The number of pyridine rings is 1. The highest BCUT2D eigenvalue weighted by Crippen LogP contribution is 2.39. The van der Waals surface area contributed by atoms with Gasteiger partial charge in [0.25, 0.3) is 0 Å². The fourth-order valence-electron chi connectivity index (χ4n) is 6.06. The van der Waals surface area contributed by atoms with E-state index in [0.717, 1.165) is 61.5 Å². The Labute approximate surface area is 272 Å². The van der Waals surface area contributed by atoms with Crippen LogP contribution in [0.4, 0.5) is 33.8 Å². The van der Waals surface area contributed by atoms with Crippen LogP contribution in [0.3, 0.4) is 0 Å². The van der Waals surface area contributed by atoms with Gasteiger partial charge in [-0.15, -0.1) is 0 Å². The minimum absolute atomic E-state index is 0.145. The van der Waals surface area contributed by atoms with E-state index in [1.807, 2.05) is 80.0 Å². The third-order valence-electron chi connectivity index (χ3n) is 8.55. The topological polar surface area (TPSA) is 137 Å². The minimum Gasteiger partial charge on any atom is -0.380 e. The second-order valence-electron chi connectivity index (χ2n) is 12.0. The van der Waals surface area contributed by atoms with Gasteiger partial charge in [0.1, 0.15) is 17.5 Å². The van der Waals surface area contributed by atoms with Crippen molar-refractivity contribution < 1.29 is 9.53 Å². The van der Waals surface area contributed by atoms with E-state index in [2.05, 4.69) is 36.7 Å². The highest BCUT2D eigenvalue weighted by molar-refractivity contribution is 5.98. The molecular weight excluding hydrogens is 592 g/mol. The summed E-state index contributed by atoms with van der Waals surface area (Å²) in [6.45, 7) is 3.51. The predicted molar refractivity (Wildman–Crippen MR) is 178 cm³/mol. The number of urea groups is 1. The lowest BCUT2D eigenvalue weighted by atomic mass is 9.78. The molecule has 47 heavy (non-hydrogen) atoms. The van der Waals surface area contributed by atoms with E-state index >= 15 is 0 Å². The van der Waals surface area contributed by atoms with Gasteiger partial charge in [0.2, 0.25) is 5.95 Å². The number of nitrogens with one attached hydrogen (secondary N) is 2. The number of hydrogen-bond donors (Lipinski definition) is 2. The lowest BCUT2D eigenvalue weighted by Crippen LogP contribution is -2.54. The number of rotatable bonds is 8. The molecule has 0 bridgehead atoms. The average Bonchev–Trinajstić information content (AvgIpc) is 3.54. The zero-order chi connectivity index (χ0) is 32.2. The van der Waals surface area contributed by atoms with Crippen LogP contribution in [0.25, 0.3) is 11.1 Å². The molecule has 5 heterocycles. The summed E-state index contributed by atoms with van der Waals surface area (Å²) in [5.74, 6) is 1.50. The van der Waals surface area contributed by atoms with Gasteiger partial charge in [-0.3, -0.25) is 4.68 Å². The molecule has 7 rings (SSSR count). The van der Waals surface area contributed by atoms with Crippen LogP contribution < -0.4 is 20.4 Å². The molecule has 12 nitrogen and oxygen atoms in total. The second kappa shape index (κ2) is 12.9. The van der Waals surface area contributed by atoms with Crippen molar-refractivity contribution in [3.8, 4) is 17.2 Å². The van der Waals surface area contributed by atoms with Crippen molar-refractivity contribution in [1.29, 1.82) is 5.26 Å². The lowest BCUT2D eigenvalue weighted by Gasteiger charge is -2.48. The quantitative estimate of drug-likeness (QED) is 0.227. The molecule has 0 aliphatic carbocycles. The molecule has 0 saturated carbocycles. The van der Waals surface area contributed by atoms with Crippen molar-refractivity contribution in [3.05, 3.63) is 103 Å². The Morgan fingerprint density at radius 2 is 1.85 bits per heavy atom. The van der Waals surface area contributed by atoms with Crippen LogP contribution in [-0.4, -0.2) is 57.1 Å². The number of carbonyl (C=O) groups excluding carboxylic acids is 1. The maximum Gasteiger partial charge on any atom is 0.327 e. The van der Waals surface area contributed by atoms with Crippen LogP contribution in [0.5, 0.6) is 0 Å². The number of ether oxygens (including phenoxy) is 1. The Kier molecular flexibility index (Phi) is 8.20. The van der Waals surface area contributed by atoms with E-state index in [1.165, 1.54) is 0 Å². The summed E-state index contributed by atoms with van der Waals surface area (Å²) in [7, 11) is 1.86. The van der Waals surface area contributed by atoms with Crippen LogP contribution in [-0.2, 0) is 18.3 Å². The molecule has 3 aromatic heterocycles. The number of carbonyl (C=O) groups is 1. The molecule has 0 unspecified atom stereocenters. The van der Waals surface area contributed by atoms with Crippen LogP contribution in [0.2, 0.25) is 0 Å². The van der Waals surface area contributed by atoms with Crippen molar-refractivity contribution in [1.82, 2.24) is 30.0 Å². The van der Waals surface area contributed by atoms with Gasteiger partial charge in [0.15, 0.2) is 5.82 Å². The van der Waals surface area contributed by atoms with Gasteiger partial charge in [-0.05, 0) is 54.8 Å². The lowest BCUT2D eigenvalue weighted by molar-refractivity contribution is -0.117. The normalized spacial score (nSPS) is 15.0. The van der Waals surface area contributed by atoms with E-state index in [4.69, 9.17) is 9.72 Å². The number of nitriles is 1. The Bertz CT molecular complexity index is 1900. The fourth-order valence-corrected chi connectivity index (χ4v) is 6.06. The number of hydrogen-bond acceptors (Lipinski definition) is 9. The molecule has 0 radical (unpaired) electrons. The predicted octanol–water partition coefficient (Wildman–Crippen LogP) is 5.55. The van der Waals surface area contributed by atoms with Gasteiger partial charge < -0.3 is 20.3 Å². The molecule has 2 aliphatic rings. The molecule has 5 aromatic rings. The first-order valence-electron chi connectivity index (χ1n) is 15.5. The van der Waals surface area contributed by atoms with E-state index in [1.54, 1.807) is 28.2 Å². The summed E-state index contributed by atoms with van der Waals surface area (Å²) < 4.78 is 7.25. The van der Waals surface area contributed by atoms with Gasteiger partial charge in [-0.2, -0.15) is 15.3 Å². The Balaban J connectivity index is 1.12. The number of aromatic nitrogens is 5. The summed E-state index contributed by atoms with van der Waals surface area (Å²) >= 11 is 0. The van der Waals surface area contributed by atoms with Crippen LogP contribution in [0.15, 0.2) is 91.5 Å². The summed E-state index contributed by atoms with van der Waals surface area (Å²) in [6, 6.07) is 22.9. The summed E-state index contributed by atoms with van der Waals surface area (Å²) in [5, 5.41) is 20.3. The standard InChI is InChI=1S/C35H34N10O2/c1-43-21-28(20-40-43)26-8-13-31(37-18-26)45(34(46)39-17-25-6-3-2-4-7-25)30-11-9-29(10-12-30)41-33-38-19-27(16-36)32(42-33)44-15-5-14-35(22-44)23-47-24-35/h2-4,6-13,18-21H,5,14-15,17,22-24H2,1H3,(H,39,46)(H,38,41,42).